The Morgan fingerprint density at radius 1 is 1.15 bits per heavy atom. The molecule has 0 radical (unpaired) electrons. The average Bonchev–Trinajstić information content (AvgIpc) is 2.86. The largest absolute Gasteiger partial charge is 0.416 e. The Morgan fingerprint density at radius 3 is 2.45 bits per heavy atom. The summed E-state index contributed by atoms with van der Waals surface area (Å²) >= 11 is 1.18. The lowest BCUT2D eigenvalue weighted by atomic mass is 10.1. The highest BCUT2D eigenvalue weighted by molar-refractivity contribution is 7.17. The molecule has 0 aliphatic rings. The van der Waals surface area contributed by atoms with Crippen LogP contribution in [-0.4, -0.2) is 24.9 Å². The van der Waals surface area contributed by atoms with E-state index < -0.39 is 11.7 Å². The molecule has 0 aliphatic carbocycles. The number of nitrogens with zero attached hydrogens (tertiary/aromatic N) is 1. The van der Waals surface area contributed by atoms with Crippen molar-refractivity contribution in [3.63, 3.8) is 0 Å². The summed E-state index contributed by atoms with van der Waals surface area (Å²) in [7, 11) is 3.26. The molecule has 1 heterocycles. The predicted molar refractivity (Wildman–Crippen MR) is 72.8 cm³/mol. The number of alkyl halides is 3. The van der Waals surface area contributed by atoms with Crippen LogP contribution >= 0.6 is 11.3 Å². The smallest absolute Gasteiger partial charge is 0.344 e. The summed E-state index contributed by atoms with van der Waals surface area (Å²) in [5, 5.41) is 0. The van der Waals surface area contributed by atoms with E-state index in [0.29, 0.717) is 15.3 Å². The van der Waals surface area contributed by atoms with Gasteiger partial charge in [-0.05, 0) is 29.8 Å². The first kappa shape index (κ1) is 14.6. The van der Waals surface area contributed by atoms with E-state index in [9.17, 15) is 18.0 Å². The Balaban J connectivity index is 2.36. The SMILES string of the molecule is CN(C)C(=O)c1ccc(-c2cccc(C(F)(F)F)c2)s1. The number of hydrogen-bond acceptors (Lipinski definition) is 2. The minimum Gasteiger partial charge on any atom is -0.344 e. The zero-order valence-electron chi connectivity index (χ0n) is 10.9. The monoisotopic (exact) mass is 299 g/mol. The van der Waals surface area contributed by atoms with Gasteiger partial charge in [-0.2, -0.15) is 13.2 Å². The zero-order chi connectivity index (χ0) is 14.9. The molecule has 0 aliphatic heterocycles. The number of hydrogen-bond donors (Lipinski definition) is 0. The molecule has 2 nitrogen and oxygen atoms in total. The van der Waals surface area contributed by atoms with Crippen molar-refractivity contribution in [3.05, 3.63) is 46.8 Å². The van der Waals surface area contributed by atoms with Crippen LogP contribution in [0.25, 0.3) is 10.4 Å². The Labute approximate surface area is 118 Å². The van der Waals surface area contributed by atoms with E-state index in [1.54, 1.807) is 32.3 Å². The first-order chi connectivity index (χ1) is 9.29. The van der Waals surface area contributed by atoms with Gasteiger partial charge in [0.25, 0.3) is 5.91 Å². The maximum absolute atomic E-state index is 12.7. The van der Waals surface area contributed by atoms with Crippen LogP contribution in [0.5, 0.6) is 0 Å². The van der Waals surface area contributed by atoms with Gasteiger partial charge in [0.05, 0.1) is 10.4 Å². The van der Waals surface area contributed by atoms with Crippen molar-refractivity contribution in [2.45, 2.75) is 6.18 Å². The molecule has 2 aromatic rings. The number of halogens is 3. The summed E-state index contributed by atoms with van der Waals surface area (Å²) in [6, 6.07) is 8.38. The molecule has 0 saturated carbocycles. The fourth-order valence-electron chi connectivity index (χ4n) is 1.68. The van der Waals surface area contributed by atoms with Crippen LogP contribution in [-0.2, 0) is 6.18 Å². The van der Waals surface area contributed by atoms with Crippen LogP contribution in [0.3, 0.4) is 0 Å². The zero-order valence-corrected chi connectivity index (χ0v) is 11.7. The second-order valence-electron chi connectivity index (χ2n) is 4.44. The highest BCUT2D eigenvalue weighted by atomic mass is 32.1. The van der Waals surface area contributed by atoms with Crippen molar-refractivity contribution in [2.24, 2.45) is 0 Å². The van der Waals surface area contributed by atoms with Gasteiger partial charge in [-0.3, -0.25) is 4.79 Å². The first-order valence-electron chi connectivity index (χ1n) is 5.78. The highest BCUT2D eigenvalue weighted by Crippen LogP contribution is 2.34. The highest BCUT2D eigenvalue weighted by Gasteiger charge is 2.30. The molecule has 20 heavy (non-hydrogen) atoms. The van der Waals surface area contributed by atoms with E-state index in [4.69, 9.17) is 0 Å². The fourth-order valence-corrected chi connectivity index (χ4v) is 2.70. The summed E-state index contributed by atoms with van der Waals surface area (Å²) in [6.45, 7) is 0. The molecule has 0 spiro atoms. The second kappa shape index (κ2) is 5.28. The van der Waals surface area contributed by atoms with Gasteiger partial charge >= 0.3 is 6.18 Å². The number of carbonyl (C=O) groups excluding carboxylic acids is 1. The maximum Gasteiger partial charge on any atom is 0.416 e. The quantitative estimate of drug-likeness (QED) is 0.816. The number of amides is 1. The second-order valence-corrected chi connectivity index (χ2v) is 5.53. The van der Waals surface area contributed by atoms with E-state index in [-0.39, 0.29) is 5.91 Å². The molecular formula is C14H12F3NOS. The molecular weight excluding hydrogens is 287 g/mol. The summed E-state index contributed by atoms with van der Waals surface area (Å²) in [4.78, 5) is 14.3. The topological polar surface area (TPSA) is 20.3 Å². The van der Waals surface area contributed by atoms with Crippen molar-refractivity contribution in [3.8, 4) is 10.4 Å². The summed E-state index contributed by atoms with van der Waals surface area (Å²) < 4.78 is 38.0. The molecule has 106 valence electrons. The minimum absolute atomic E-state index is 0.159. The molecule has 0 bridgehead atoms. The summed E-state index contributed by atoms with van der Waals surface area (Å²) in [5.41, 5.74) is -0.230. The third kappa shape index (κ3) is 3.01. The van der Waals surface area contributed by atoms with Crippen LogP contribution in [0.15, 0.2) is 36.4 Å². The summed E-state index contributed by atoms with van der Waals surface area (Å²) in [5.74, 6) is -0.159. The van der Waals surface area contributed by atoms with E-state index in [2.05, 4.69) is 0 Å². The van der Waals surface area contributed by atoms with Gasteiger partial charge in [0, 0.05) is 19.0 Å². The average molecular weight is 299 g/mol. The number of carbonyl (C=O) groups is 1. The Bertz CT molecular complexity index is 631. The third-order valence-corrected chi connectivity index (χ3v) is 3.82. The van der Waals surface area contributed by atoms with E-state index in [0.717, 1.165) is 12.1 Å². The van der Waals surface area contributed by atoms with Crippen LogP contribution in [0.2, 0.25) is 0 Å². The molecule has 0 N–H and O–H groups in total. The first-order valence-corrected chi connectivity index (χ1v) is 6.60. The molecule has 0 fully saturated rings. The van der Waals surface area contributed by atoms with Crippen molar-refractivity contribution < 1.29 is 18.0 Å². The van der Waals surface area contributed by atoms with Crippen molar-refractivity contribution in [1.82, 2.24) is 4.90 Å². The standard InChI is InChI=1S/C14H12F3NOS/c1-18(2)13(19)12-7-6-11(20-12)9-4-3-5-10(8-9)14(15,16)17/h3-8H,1-2H3. The van der Waals surface area contributed by atoms with Gasteiger partial charge in [0.15, 0.2) is 0 Å². The Kier molecular flexibility index (Phi) is 3.85. The molecule has 6 heteroatoms. The fraction of sp³-hybridized carbons (Fsp3) is 0.214. The van der Waals surface area contributed by atoms with Gasteiger partial charge in [-0.25, -0.2) is 0 Å². The lowest BCUT2D eigenvalue weighted by Crippen LogP contribution is -2.20. The van der Waals surface area contributed by atoms with Crippen LogP contribution in [0.4, 0.5) is 13.2 Å². The van der Waals surface area contributed by atoms with E-state index in [1.165, 1.54) is 22.3 Å². The van der Waals surface area contributed by atoms with Gasteiger partial charge in [0.2, 0.25) is 0 Å². The maximum atomic E-state index is 12.7. The molecule has 1 aromatic heterocycles. The molecule has 1 aromatic carbocycles. The Morgan fingerprint density at radius 2 is 1.85 bits per heavy atom. The van der Waals surface area contributed by atoms with Crippen LogP contribution in [0, 0.1) is 0 Å². The van der Waals surface area contributed by atoms with Crippen molar-refractivity contribution in [2.75, 3.05) is 14.1 Å². The molecule has 0 saturated heterocycles. The van der Waals surface area contributed by atoms with E-state index >= 15 is 0 Å². The minimum atomic E-state index is -4.37. The van der Waals surface area contributed by atoms with Crippen LogP contribution in [0.1, 0.15) is 15.2 Å². The van der Waals surface area contributed by atoms with Crippen molar-refractivity contribution >= 4 is 17.2 Å². The third-order valence-electron chi connectivity index (χ3n) is 2.70. The van der Waals surface area contributed by atoms with Gasteiger partial charge in [0.1, 0.15) is 0 Å². The molecule has 2 rings (SSSR count). The van der Waals surface area contributed by atoms with Gasteiger partial charge in [-0.1, -0.05) is 12.1 Å². The molecule has 0 unspecified atom stereocenters. The normalized spacial score (nSPS) is 11.4. The summed E-state index contributed by atoms with van der Waals surface area (Å²) in [6.07, 6.45) is -4.37. The number of rotatable bonds is 2. The number of thiophene rings is 1. The molecule has 0 atom stereocenters. The van der Waals surface area contributed by atoms with Gasteiger partial charge < -0.3 is 4.90 Å². The van der Waals surface area contributed by atoms with Crippen LogP contribution < -0.4 is 0 Å². The lowest BCUT2D eigenvalue weighted by Gasteiger charge is -2.08. The Hall–Kier alpha value is -1.82. The lowest BCUT2D eigenvalue weighted by molar-refractivity contribution is -0.137. The van der Waals surface area contributed by atoms with Gasteiger partial charge in [-0.15, -0.1) is 11.3 Å². The van der Waals surface area contributed by atoms with E-state index in [1.807, 2.05) is 0 Å². The number of benzene rings is 1. The predicted octanol–water partition coefficient (Wildman–Crippen LogP) is 4.14. The van der Waals surface area contributed by atoms with Crippen molar-refractivity contribution in [1.29, 1.82) is 0 Å². The molecule has 1 amide bonds.